The number of aryl methyl sites for hydroxylation is 1. The van der Waals surface area contributed by atoms with Gasteiger partial charge < -0.3 is 10.2 Å². The van der Waals surface area contributed by atoms with Gasteiger partial charge >= 0.3 is 0 Å². The lowest BCUT2D eigenvalue weighted by Crippen LogP contribution is -2.21. The zero-order chi connectivity index (χ0) is 14.4. The van der Waals surface area contributed by atoms with E-state index in [0.29, 0.717) is 18.9 Å². The van der Waals surface area contributed by atoms with Crippen molar-refractivity contribution in [1.82, 2.24) is 9.97 Å². The molecule has 5 nitrogen and oxygen atoms in total. The molecule has 1 N–H and O–H groups in total. The van der Waals surface area contributed by atoms with Gasteiger partial charge in [-0.2, -0.15) is 10.2 Å². The minimum atomic E-state index is 0.438. The fourth-order valence-corrected chi connectivity index (χ4v) is 1.95. The molecule has 0 fully saturated rings. The Kier molecular flexibility index (Phi) is 4.51. The molecule has 0 spiro atoms. The molecule has 2 rings (SSSR count). The highest BCUT2D eigenvalue weighted by Gasteiger charge is 2.14. The smallest absolute Gasteiger partial charge is 0.224 e. The van der Waals surface area contributed by atoms with Crippen molar-refractivity contribution in [3.8, 4) is 6.07 Å². The van der Waals surface area contributed by atoms with Crippen molar-refractivity contribution in [2.75, 3.05) is 23.8 Å². The van der Waals surface area contributed by atoms with Crippen LogP contribution in [0.5, 0.6) is 0 Å². The van der Waals surface area contributed by atoms with E-state index in [1.54, 1.807) is 13.2 Å². The fourth-order valence-electron chi connectivity index (χ4n) is 1.95. The fraction of sp³-hybridized carbons (Fsp3) is 0.267. The summed E-state index contributed by atoms with van der Waals surface area (Å²) in [6, 6.07) is 12.1. The predicted octanol–water partition coefficient (Wildman–Crippen LogP) is 2.88. The van der Waals surface area contributed by atoms with Gasteiger partial charge in [0, 0.05) is 31.0 Å². The number of rotatable bonds is 5. The Morgan fingerprint density at radius 3 is 2.70 bits per heavy atom. The maximum atomic E-state index is 8.86. The van der Waals surface area contributed by atoms with Gasteiger partial charge in [0.05, 0.1) is 12.5 Å². The summed E-state index contributed by atoms with van der Waals surface area (Å²) in [5.41, 5.74) is 2.00. The highest BCUT2D eigenvalue weighted by molar-refractivity contribution is 5.63. The van der Waals surface area contributed by atoms with Crippen LogP contribution in [-0.2, 0) is 0 Å². The van der Waals surface area contributed by atoms with E-state index >= 15 is 0 Å². The van der Waals surface area contributed by atoms with E-state index in [0.717, 1.165) is 17.1 Å². The van der Waals surface area contributed by atoms with E-state index in [1.807, 2.05) is 42.2 Å². The average molecular weight is 267 g/mol. The van der Waals surface area contributed by atoms with Crippen molar-refractivity contribution in [3.05, 3.63) is 42.1 Å². The molecule has 0 bridgehead atoms. The number of anilines is 3. The molecule has 0 aliphatic rings. The number of para-hydroxylation sites is 1. The number of nitrogens with one attached hydrogen (secondary N) is 1. The van der Waals surface area contributed by atoms with Gasteiger partial charge in [0.2, 0.25) is 5.95 Å². The number of nitrogens with zero attached hydrogens (tertiary/aromatic N) is 4. The number of benzene rings is 1. The molecule has 0 aliphatic carbocycles. The molecule has 2 aromatic rings. The zero-order valence-electron chi connectivity index (χ0n) is 11.7. The van der Waals surface area contributed by atoms with Crippen LogP contribution in [0.2, 0.25) is 0 Å². The second-order valence-electron chi connectivity index (χ2n) is 4.35. The van der Waals surface area contributed by atoms with Crippen LogP contribution in [0.1, 0.15) is 12.0 Å². The lowest BCUT2D eigenvalue weighted by Gasteiger charge is -2.24. The lowest BCUT2D eigenvalue weighted by atomic mass is 10.2. The topological polar surface area (TPSA) is 64.8 Å². The van der Waals surface area contributed by atoms with Gasteiger partial charge in [-0.05, 0) is 19.1 Å². The molecule has 0 saturated heterocycles. The average Bonchev–Trinajstić information content (AvgIpc) is 2.50. The molecule has 0 unspecified atom stereocenters. The van der Waals surface area contributed by atoms with Crippen molar-refractivity contribution >= 4 is 17.5 Å². The highest BCUT2D eigenvalue weighted by atomic mass is 15.2. The van der Waals surface area contributed by atoms with Crippen LogP contribution >= 0.6 is 0 Å². The number of nitriles is 1. The maximum Gasteiger partial charge on any atom is 0.224 e. The van der Waals surface area contributed by atoms with Crippen LogP contribution in [-0.4, -0.2) is 23.6 Å². The van der Waals surface area contributed by atoms with Gasteiger partial charge in [0.25, 0.3) is 0 Å². The summed E-state index contributed by atoms with van der Waals surface area (Å²) in [4.78, 5) is 10.8. The van der Waals surface area contributed by atoms with Crippen molar-refractivity contribution in [1.29, 1.82) is 5.26 Å². The van der Waals surface area contributed by atoms with Crippen molar-refractivity contribution in [2.24, 2.45) is 0 Å². The molecule has 1 heterocycles. The Morgan fingerprint density at radius 1 is 1.30 bits per heavy atom. The van der Waals surface area contributed by atoms with E-state index in [4.69, 9.17) is 5.26 Å². The number of hydrogen-bond acceptors (Lipinski definition) is 5. The Balaban J connectivity index is 2.44. The monoisotopic (exact) mass is 267 g/mol. The molecule has 102 valence electrons. The lowest BCUT2D eigenvalue weighted by molar-refractivity contribution is 0.912. The Morgan fingerprint density at radius 2 is 2.05 bits per heavy atom. The first-order valence-corrected chi connectivity index (χ1v) is 6.47. The van der Waals surface area contributed by atoms with Crippen LogP contribution in [0.25, 0.3) is 0 Å². The molecule has 0 amide bonds. The van der Waals surface area contributed by atoms with E-state index < -0.39 is 0 Å². The highest BCUT2D eigenvalue weighted by Crippen LogP contribution is 2.26. The summed E-state index contributed by atoms with van der Waals surface area (Å²) in [5.74, 6) is 1.40. The minimum Gasteiger partial charge on any atom is -0.357 e. The molecule has 0 radical (unpaired) electrons. The molecule has 1 aromatic carbocycles. The predicted molar refractivity (Wildman–Crippen MR) is 80.0 cm³/mol. The second kappa shape index (κ2) is 6.53. The third kappa shape index (κ3) is 3.04. The first-order valence-electron chi connectivity index (χ1n) is 6.47. The first kappa shape index (κ1) is 13.8. The minimum absolute atomic E-state index is 0.438. The molecule has 0 aliphatic heterocycles. The van der Waals surface area contributed by atoms with Crippen LogP contribution in [0.15, 0.2) is 36.5 Å². The maximum absolute atomic E-state index is 8.86. The van der Waals surface area contributed by atoms with Gasteiger partial charge in [0.15, 0.2) is 0 Å². The quantitative estimate of drug-likeness (QED) is 0.902. The molecule has 1 aromatic heterocycles. The van der Waals surface area contributed by atoms with Crippen molar-refractivity contribution < 1.29 is 0 Å². The zero-order valence-corrected chi connectivity index (χ0v) is 11.7. The molecular formula is C15H17N5. The van der Waals surface area contributed by atoms with E-state index in [9.17, 15) is 0 Å². The summed E-state index contributed by atoms with van der Waals surface area (Å²) in [7, 11) is 1.79. The molecule has 20 heavy (non-hydrogen) atoms. The molecular weight excluding hydrogens is 250 g/mol. The molecule has 5 heteroatoms. The van der Waals surface area contributed by atoms with Crippen LogP contribution < -0.4 is 10.2 Å². The van der Waals surface area contributed by atoms with Gasteiger partial charge in [-0.1, -0.05) is 18.2 Å². The SMILES string of the molecule is CNc1ncc(C)c(N(CCC#N)c2ccccc2)n1. The van der Waals surface area contributed by atoms with Gasteiger partial charge in [0.1, 0.15) is 5.82 Å². The third-order valence-electron chi connectivity index (χ3n) is 2.94. The summed E-state index contributed by atoms with van der Waals surface area (Å²) >= 11 is 0. The van der Waals surface area contributed by atoms with Gasteiger partial charge in [-0.15, -0.1) is 0 Å². The van der Waals surface area contributed by atoms with E-state index in [2.05, 4.69) is 21.4 Å². The Labute approximate surface area is 118 Å². The number of hydrogen-bond donors (Lipinski definition) is 1. The summed E-state index contributed by atoms with van der Waals surface area (Å²) in [5, 5.41) is 11.8. The second-order valence-corrected chi connectivity index (χ2v) is 4.35. The summed E-state index contributed by atoms with van der Waals surface area (Å²) in [6.07, 6.45) is 2.23. The number of aromatic nitrogens is 2. The van der Waals surface area contributed by atoms with E-state index in [-0.39, 0.29) is 0 Å². The van der Waals surface area contributed by atoms with E-state index in [1.165, 1.54) is 0 Å². The van der Waals surface area contributed by atoms with Crippen LogP contribution in [0.4, 0.5) is 17.5 Å². The largest absolute Gasteiger partial charge is 0.357 e. The normalized spacial score (nSPS) is 9.85. The van der Waals surface area contributed by atoms with Crippen LogP contribution in [0, 0.1) is 18.3 Å². The van der Waals surface area contributed by atoms with Crippen LogP contribution in [0.3, 0.4) is 0 Å². The van der Waals surface area contributed by atoms with Gasteiger partial charge in [-0.25, -0.2) is 4.98 Å². The van der Waals surface area contributed by atoms with Gasteiger partial charge in [-0.3, -0.25) is 0 Å². The first-order chi connectivity index (χ1) is 9.76. The Hall–Kier alpha value is -2.61. The standard InChI is InChI=1S/C15H17N5/c1-12-11-18-15(17-2)19-14(12)20(10-6-9-16)13-7-4-3-5-8-13/h3-5,7-8,11H,6,10H2,1-2H3,(H,17,18,19). The Bertz CT molecular complexity index is 603. The van der Waals surface area contributed by atoms with Crippen molar-refractivity contribution in [2.45, 2.75) is 13.3 Å². The summed E-state index contributed by atoms with van der Waals surface area (Å²) in [6.45, 7) is 2.57. The third-order valence-corrected chi connectivity index (χ3v) is 2.94. The molecule has 0 saturated carbocycles. The molecule has 0 atom stereocenters. The van der Waals surface area contributed by atoms with Crippen molar-refractivity contribution in [3.63, 3.8) is 0 Å². The summed E-state index contributed by atoms with van der Waals surface area (Å²) < 4.78 is 0.